The molecule has 0 aliphatic rings. The van der Waals surface area contributed by atoms with Gasteiger partial charge in [0.2, 0.25) is 16.0 Å². The minimum Gasteiger partial charge on any atom is -0.283 e. The number of sulfonamides is 2. The van der Waals surface area contributed by atoms with Crippen LogP contribution in [0.5, 0.6) is 0 Å². The van der Waals surface area contributed by atoms with Crippen molar-refractivity contribution in [1.29, 1.82) is 0 Å². The van der Waals surface area contributed by atoms with Crippen LogP contribution in [0.4, 0.5) is 11.6 Å². The van der Waals surface area contributed by atoms with E-state index in [1.165, 1.54) is 36.7 Å². The predicted molar refractivity (Wildman–Crippen MR) is 107 cm³/mol. The summed E-state index contributed by atoms with van der Waals surface area (Å²) < 4.78 is 54.2. The first-order valence-corrected chi connectivity index (χ1v) is 11.3. The lowest BCUT2D eigenvalue weighted by Gasteiger charge is -2.11. The van der Waals surface area contributed by atoms with Crippen molar-refractivity contribution in [1.82, 2.24) is 9.97 Å². The minimum absolute atomic E-state index is 0.0400. The molecule has 0 saturated carbocycles. The fourth-order valence-electron chi connectivity index (χ4n) is 2.43. The van der Waals surface area contributed by atoms with Crippen molar-refractivity contribution in [3.63, 3.8) is 0 Å². The van der Waals surface area contributed by atoms with Gasteiger partial charge in [-0.2, -0.15) is 0 Å². The van der Waals surface area contributed by atoms with Crippen LogP contribution in [0, 0.1) is 6.92 Å². The monoisotopic (exact) mass is 418 g/mol. The highest BCUT2D eigenvalue weighted by Crippen LogP contribution is 2.19. The normalized spacial score (nSPS) is 11.8. The third-order valence-corrected chi connectivity index (χ3v) is 6.42. The topological polar surface area (TPSA) is 118 Å². The Kier molecular flexibility index (Phi) is 5.61. The fraction of sp³-hybridized carbons (Fsp3) is 0.111. The van der Waals surface area contributed by atoms with Gasteiger partial charge in [-0.25, -0.2) is 31.5 Å². The standard InChI is InChI=1S/C18H18N4O4S2/c1-14-5-2-3-6-15(14)13-27(23,24)21-16-7-9-17(10-8-16)28(25,26)22-18-19-11-4-12-20-18/h2-12,21H,13H2,1H3,(H,19,20,22). The number of aromatic nitrogens is 2. The molecule has 2 aromatic carbocycles. The van der Waals surface area contributed by atoms with Gasteiger partial charge in [0.25, 0.3) is 10.0 Å². The molecule has 0 atom stereocenters. The fourth-order valence-corrected chi connectivity index (χ4v) is 4.68. The highest BCUT2D eigenvalue weighted by molar-refractivity contribution is 7.92. The van der Waals surface area contributed by atoms with Gasteiger partial charge >= 0.3 is 0 Å². The zero-order valence-corrected chi connectivity index (χ0v) is 16.5. The first kappa shape index (κ1) is 19.8. The number of hydrogen-bond donors (Lipinski definition) is 2. The van der Waals surface area contributed by atoms with Gasteiger partial charge in [0.1, 0.15) is 0 Å². The molecule has 8 nitrogen and oxygen atoms in total. The van der Waals surface area contributed by atoms with Gasteiger partial charge in [-0.1, -0.05) is 24.3 Å². The Hall–Kier alpha value is -2.98. The number of aryl methyl sites for hydroxylation is 1. The molecular formula is C18H18N4O4S2. The molecule has 3 rings (SSSR count). The molecular weight excluding hydrogens is 400 g/mol. The average molecular weight is 419 g/mol. The minimum atomic E-state index is -3.88. The summed E-state index contributed by atoms with van der Waals surface area (Å²) in [6, 6.07) is 14.2. The van der Waals surface area contributed by atoms with Crippen LogP contribution >= 0.6 is 0 Å². The second-order valence-electron chi connectivity index (χ2n) is 5.99. The van der Waals surface area contributed by atoms with Gasteiger partial charge in [0.15, 0.2) is 0 Å². The molecule has 10 heteroatoms. The molecule has 0 aliphatic heterocycles. The molecule has 0 aliphatic carbocycles. The summed E-state index contributed by atoms with van der Waals surface area (Å²) >= 11 is 0. The SMILES string of the molecule is Cc1ccccc1CS(=O)(=O)Nc1ccc(S(=O)(=O)Nc2ncccn2)cc1. The molecule has 146 valence electrons. The van der Waals surface area contributed by atoms with Gasteiger partial charge < -0.3 is 0 Å². The Labute approximate surface area is 163 Å². The molecule has 0 spiro atoms. The van der Waals surface area contributed by atoms with E-state index in [2.05, 4.69) is 19.4 Å². The van der Waals surface area contributed by atoms with Gasteiger partial charge in [-0.3, -0.25) is 4.72 Å². The third-order valence-electron chi connectivity index (χ3n) is 3.84. The summed E-state index contributed by atoms with van der Waals surface area (Å²) in [4.78, 5) is 7.58. The first-order valence-electron chi connectivity index (χ1n) is 8.20. The number of nitrogens with one attached hydrogen (secondary N) is 2. The van der Waals surface area contributed by atoms with E-state index in [-0.39, 0.29) is 22.3 Å². The van der Waals surface area contributed by atoms with Crippen molar-refractivity contribution in [3.8, 4) is 0 Å². The number of nitrogens with zero attached hydrogens (tertiary/aromatic N) is 2. The van der Waals surface area contributed by atoms with Crippen LogP contribution in [0.3, 0.4) is 0 Å². The summed E-state index contributed by atoms with van der Waals surface area (Å²) in [5, 5.41) is 0. The molecule has 0 bridgehead atoms. The van der Waals surface area contributed by atoms with E-state index in [4.69, 9.17) is 0 Å². The Balaban J connectivity index is 1.73. The van der Waals surface area contributed by atoms with E-state index < -0.39 is 20.0 Å². The number of anilines is 2. The summed E-state index contributed by atoms with van der Waals surface area (Å²) in [7, 11) is -7.52. The molecule has 1 heterocycles. The smallest absolute Gasteiger partial charge is 0.264 e. The van der Waals surface area contributed by atoms with Crippen LogP contribution in [-0.4, -0.2) is 26.8 Å². The molecule has 2 N–H and O–H groups in total. The quantitative estimate of drug-likeness (QED) is 0.609. The van der Waals surface area contributed by atoms with Gasteiger partial charge in [-0.15, -0.1) is 0 Å². The maximum absolute atomic E-state index is 12.4. The number of benzene rings is 2. The van der Waals surface area contributed by atoms with Crippen molar-refractivity contribution in [2.45, 2.75) is 17.6 Å². The lowest BCUT2D eigenvalue weighted by Crippen LogP contribution is -2.16. The van der Waals surface area contributed by atoms with Crippen molar-refractivity contribution in [3.05, 3.63) is 78.1 Å². The van der Waals surface area contributed by atoms with E-state index in [0.29, 0.717) is 5.56 Å². The zero-order valence-electron chi connectivity index (χ0n) is 14.9. The van der Waals surface area contributed by atoms with Gasteiger partial charge in [0.05, 0.1) is 10.6 Å². The van der Waals surface area contributed by atoms with E-state index >= 15 is 0 Å². The first-order chi connectivity index (χ1) is 13.3. The summed E-state index contributed by atoms with van der Waals surface area (Å²) in [6.45, 7) is 1.84. The number of rotatable bonds is 7. The second-order valence-corrected chi connectivity index (χ2v) is 9.39. The molecule has 28 heavy (non-hydrogen) atoms. The molecule has 0 fully saturated rings. The van der Waals surface area contributed by atoms with Crippen molar-refractivity contribution in [2.75, 3.05) is 9.44 Å². The van der Waals surface area contributed by atoms with Crippen LogP contribution in [0.2, 0.25) is 0 Å². The van der Waals surface area contributed by atoms with Crippen LogP contribution in [0.15, 0.2) is 71.9 Å². The van der Waals surface area contributed by atoms with Crippen molar-refractivity contribution in [2.24, 2.45) is 0 Å². The maximum atomic E-state index is 12.4. The molecule has 0 saturated heterocycles. The lowest BCUT2D eigenvalue weighted by atomic mass is 10.1. The molecule has 0 unspecified atom stereocenters. The molecule has 1 aromatic heterocycles. The molecule has 0 radical (unpaired) electrons. The average Bonchev–Trinajstić information content (AvgIpc) is 2.64. The Morgan fingerprint density at radius 1 is 0.821 bits per heavy atom. The lowest BCUT2D eigenvalue weighted by molar-refractivity contribution is 0.599. The number of hydrogen-bond acceptors (Lipinski definition) is 6. The molecule has 0 amide bonds. The largest absolute Gasteiger partial charge is 0.283 e. The van der Waals surface area contributed by atoms with Gasteiger partial charge in [0, 0.05) is 18.1 Å². The summed E-state index contributed by atoms with van der Waals surface area (Å²) in [5.41, 5.74) is 1.84. The van der Waals surface area contributed by atoms with Crippen LogP contribution in [-0.2, 0) is 25.8 Å². The maximum Gasteiger partial charge on any atom is 0.264 e. The van der Waals surface area contributed by atoms with E-state index in [0.717, 1.165) is 5.56 Å². The Morgan fingerprint density at radius 3 is 2.11 bits per heavy atom. The summed E-state index contributed by atoms with van der Waals surface area (Å²) in [5.74, 6) is -0.224. The highest BCUT2D eigenvalue weighted by Gasteiger charge is 2.17. The Bertz CT molecular complexity index is 1160. The van der Waals surface area contributed by atoms with Crippen LogP contribution in [0.25, 0.3) is 0 Å². The Morgan fingerprint density at radius 2 is 1.46 bits per heavy atom. The predicted octanol–water partition coefficient (Wildman–Crippen LogP) is 2.53. The second kappa shape index (κ2) is 7.95. The highest BCUT2D eigenvalue weighted by atomic mass is 32.2. The van der Waals surface area contributed by atoms with Crippen LogP contribution in [0.1, 0.15) is 11.1 Å². The van der Waals surface area contributed by atoms with Crippen molar-refractivity contribution < 1.29 is 16.8 Å². The van der Waals surface area contributed by atoms with E-state index in [1.54, 1.807) is 18.2 Å². The third kappa shape index (κ3) is 5.05. The molecule has 3 aromatic rings. The van der Waals surface area contributed by atoms with E-state index in [1.807, 2.05) is 19.1 Å². The van der Waals surface area contributed by atoms with Gasteiger partial charge in [-0.05, 0) is 48.4 Å². The van der Waals surface area contributed by atoms with Crippen molar-refractivity contribution >= 4 is 31.7 Å². The zero-order chi connectivity index (χ0) is 20.2. The summed E-state index contributed by atoms with van der Waals surface area (Å²) in [6.07, 6.45) is 2.83. The van der Waals surface area contributed by atoms with Crippen LogP contribution < -0.4 is 9.44 Å². The van der Waals surface area contributed by atoms with E-state index in [9.17, 15) is 16.8 Å².